The molecular weight excluding hydrogens is 148 g/mol. The predicted octanol–water partition coefficient (Wildman–Crippen LogP) is 3.04. The van der Waals surface area contributed by atoms with Crippen molar-refractivity contribution < 1.29 is 4.79 Å². The van der Waals surface area contributed by atoms with Gasteiger partial charge in [-0.1, -0.05) is 27.7 Å². The highest BCUT2D eigenvalue weighted by Crippen LogP contribution is 2.46. The third kappa shape index (κ3) is 1.19. The molecule has 0 bridgehead atoms. The number of carbonyl (C=O) groups is 1. The van der Waals surface area contributed by atoms with Crippen LogP contribution >= 0.6 is 0 Å². The third-order valence-electron chi connectivity index (χ3n) is 3.57. The summed E-state index contributed by atoms with van der Waals surface area (Å²) in [6.45, 7) is 8.74. The molecule has 12 heavy (non-hydrogen) atoms. The highest BCUT2D eigenvalue weighted by Gasteiger charge is 2.46. The van der Waals surface area contributed by atoms with E-state index in [0.717, 1.165) is 19.3 Å². The molecule has 0 aromatic heterocycles. The fraction of sp³-hybridized carbons (Fsp3) is 0.909. The van der Waals surface area contributed by atoms with Gasteiger partial charge >= 0.3 is 0 Å². The van der Waals surface area contributed by atoms with Crippen LogP contribution in [0.4, 0.5) is 0 Å². The van der Waals surface area contributed by atoms with E-state index in [9.17, 15) is 4.79 Å². The molecule has 0 aliphatic heterocycles. The quantitative estimate of drug-likeness (QED) is 0.619. The minimum atomic E-state index is 0.0139. The molecule has 1 heteroatoms. The van der Waals surface area contributed by atoms with Crippen molar-refractivity contribution in [3.05, 3.63) is 0 Å². The van der Waals surface area contributed by atoms with Crippen LogP contribution in [0.2, 0.25) is 0 Å². The third-order valence-corrected chi connectivity index (χ3v) is 3.57. The second-order valence-corrected chi connectivity index (χ2v) is 4.63. The van der Waals surface area contributed by atoms with E-state index in [0.29, 0.717) is 17.6 Å². The average molecular weight is 168 g/mol. The maximum absolute atomic E-state index is 11.8. The molecule has 1 rings (SSSR count). The lowest BCUT2D eigenvalue weighted by atomic mass is 9.67. The SMILES string of the molecule is CC(C)C1(C(C)C)CCCC1=O. The van der Waals surface area contributed by atoms with Crippen LogP contribution in [0.1, 0.15) is 47.0 Å². The summed E-state index contributed by atoms with van der Waals surface area (Å²) >= 11 is 0. The summed E-state index contributed by atoms with van der Waals surface area (Å²) < 4.78 is 0. The first kappa shape index (κ1) is 9.76. The Hall–Kier alpha value is -0.330. The Bertz CT molecular complexity index is 171. The van der Waals surface area contributed by atoms with E-state index >= 15 is 0 Å². The first-order valence-electron chi connectivity index (χ1n) is 5.05. The lowest BCUT2D eigenvalue weighted by Crippen LogP contribution is -2.36. The fourth-order valence-electron chi connectivity index (χ4n) is 2.80. The first-order valence-corrected chi connectivity index (χ1v) is 5.05. The summed E-state index contributed by atoms with van der Waals surface area (Å²) in [6.07, 6.45) is 3.03. The maximum Gasteiger partial charge on any atom is 0.139 e. The van der Waals surface area contributed by atoms with Crippen LogP contribution in [0.15, 0.2) is 0 Å². The number of ketones is 1. The van der Waals surface area contributed by atoms with Crippen LogP contribution in [0.3, 0.4) is 0 Å². The van der Waals surface area contributed by atoms with Crippen molar-refractivity contribution in [1.82, 2.24) is 0 Å². The molecule has 0 radical (unpaired) electrons. The van der Waals surface area contributed by atoms with Crippen molar-refractivity contribution in [3.8, 4) is 0 Å². The fourth-order valence-corrected chi connectivity index (χ4v) is 2.80. The summed E-state index contributed by atoms with van der Waals surface area (Å²) in [5, 5.41) is 0. The molecule has 0 heterocycles. The van der Waals surface area contributed by atoms with Crippen molar-refractivity contribution in [2.75, 3.05) is 0 Å². The van der Waals surface area contributed by atoms with Crippen LogP contribution in [0.25, 0.3) is 0 Å². The molecule has 70 valence electrons. The van der Waals surface area contributed by atoms with E-state index in [1.807, 2.05) is 0 Å². The maximum atomic E-state index is 11.8. The highest BCUT2D eigenvalue weighted by molar-refractivity contribution is 5.87. The molecule has 0 atom stereocenters. The number of carbonyl (C=O) groups excluding carboxylic acids is 1. The van der Waals surface area contributed by atoms with Crippen LogP contribution in [-0.2, 0) is 4.79 Å². The molecule has 0 spiro atoms. The van der Waals surface area contributed by atoms with Gasteiger partial charge in [0.15, 0.2) is 0 Å². The molecule has 1 fully saturated rings. The van der Waals surface area contributed by atoms with E-state index in [1.165, 1.54) is 0 Å². The lowest BCUT2D eigenvalue weighted by molar-refractivity contribution is -0.130. The topological polar surface area (TPSA) is 17.1 Å². The predicted molar refractivity (Wildman–Crippen MR) is 51.0 cm³/mol. The second kappa shape index (κ2) is 3.20. The minimum absolute atomic E-state index is 0.0139. The molecule has 0 aromatic rings. The van der Waals surface area contributed by atoms with Crippen molar-refractivity contribution in [3.63, 3.8) is 0 Å². The Labute approximate surface area is 75.5 Å². The Morgan fingerprint density at radius 1 is 1.17 bits per heavy atom. The van der Waals surface area contributed by atoms with Crippen LogP contribution < -0.4 is 0 Å². The van der Waals surface area contributed by atoms with Gasteiger partial charge in [-0.3, -0.25) is 4.79 Å². The smallest absolute Gasteiger partial charge is 0.139 e. The number of hydrogen-bond donors (Lipinski definition) is 0. The summed E-state index contributed by atoms with van der Waals surface area (Å²) in [5.41, 5.74) is 0.0139. The molecule has 1 aliphatic carbocycles. The van der Waals surface area contributed by atoms with Gasteiger partial charge in [-0.05, 0) is 24.7 Å². The van der Waals surface area contributed by atoms with Crippen LogP contribution in [0, 0.1) is 17.3 Å². The van der Waals surface area contributed by atoms with Gasteiger partial charge in [0.2, 0.25) is 0 Å². The monoisotopic (exact) mass is 168 g/mol. The largest absolute Gasteiger partial charge is 0.299 e. The van der Waals surface area contributed by atoms with E-state index in [-0.39, 0.29) is 5.41 Å². The molecule has 0 amide bonds. The second-order valence-electron chi connectivity index (χ2n) is 4.63. The van der Waals surface area contributed by atoms with Gasteiger partial charge in [-0.2, -0.15) is 0 Å². The molecule has 0 N–H and O–H groups in total. The molecule has 0 unspecified atom stereocenters. The van der Waals surface area contributed by atoms with Gasteiger partial charge in [0.1, 0.15) is 5.78 Å². The number of Topliss-reactive ketones (excluding diaryl/α,β-unsaturated/α-hetero) is 1. The normalized spacial score (nSPS) is 22.7. The average Bonchev–Trinajstić information content (AvgIpc) is 2.31. The van der Waals surface area contributed by atoms with E-state index < -0.39 is 0 Å². The number of rotatable bonds is 2. The number of hydrogen-bond acceptors (Lipinski definition) is 1. The Morgan fingerprint density at radius 3 is 1.83 bits per heavy atom. The highest BCUT2D eigenvalue weighted by atomic mass is 16.1. The Morgan fingerprint density at radius 2 is 1.67 bits per heavy atom. The zero-order valence-electron chi connectivity index (χ0n) is 8.68. The van der Waals surface area contributed by atoms with Crippen molar-refractivity contribution in [2.24, 2.45) is 17.3 Å². The standard InChI is InChI=1S/C11H20O/c1-8(2)11(9(3)4)7-5-6-10(11)12/h8-9H,5-7H2,1-4H3. The molecule has 0 saturated heterocycles. The summed E-state index contributed by atoms with van der Waals surface area (Å²) in [7, 11) is 0. The zero-order chi connectivity index (χ0) is 9.35. The Balaban J connectivity index is 2.93. The molecular formula is C11H20O. The van der Waals surface area contributed by atoms with E-state index in [2.05, 4.69) is 27.7 Å². The van der Waals surface area contributed by atoms with Crippen molar-refractivity contribution >= 4 is 5.78 Å². The summed E-state index contributed by atoms with van der Waals surface area (Å²) in [6, 6.07) is 0. The molecule has 1 nitrogen and oxygen atoms in total. The van der Waals surface area contributed by atoms with Gasteiger partial charge in [-0.25, -0.2) is 0 Å². The lowest BCUT2D eigenvalue weighted by Gasteiger charge is -2.35. The molecule has 1 aliphatic rings. The van der Waals surface area contributed by atoms with Gasteiger partial charge in [0, 0.05) is 11.8 Å². The van der Waals surface area contributed by atoms with Gasteiger partial charge < -0.3 is 0 Å². The molecule has 0 aromatic carbocycles. The molecule has 1 saturated carbocycles. The van der Waals surface area contributed by atoms with E-state index in [1.54, 1.807) is 0 Å². The van der Waals surface area contributed by atoms with Crippen molar-refractivity contribution in [1.29, 1.82) is 0 Å². The van der Waals surface area contributed by atoms with Crippen molar-refractivity contribution in [2.45, 2.75) is 47.0 Å². The minimum Gasteiger partial charge on any atom is -0.299 e. The summed E-state index contributed by atoms with van der Waals surface area (Å²) in [5.74, 6) is 1.52. The summed E-state index contributed by atoms with van der Waals surface area (Å²) in [4.78, 5) is 11.8. The van der Waals surface area contributed by atoms with Gasteiger partial charge in [-0.15, -0.1) is 0 Å². The van der Waals surface area contributed by atoms with Crippen LogP contribution in [-0.4, -0.2) is 5.78 Å². The van der Waals surface area contributed by atoms with E-state index in [4.69, 9.17) is 0 Å². The Kier molecular flexibility index (Phi) is 2.60. The van der Waals surface area contributed by atoms with Crippen LogP contribution in [0.5, 0.6) is 0 Å². The van der Waals surface area contributed by atoms with Gasteiger partial charge in [0.05, 0.1) is 0 Å². The van der Waals surface area contributed by atoms with Gasteiger partial charge in [0.25, 0.3) is 0 Å². The first-order chi connectivity index (χ1) is 5.51. The zero-order valence-corrected chi connectivity index (χ0v) is 8.68.